The van der Waals surface area contributed by atoms with E-state index in [-0.39, 0.29) is 16.2 Å². The molecule has 0 spiro atoms. The van der Waals surface area contributed by atoms with Gasteiger partial charge in [-0.1, -0.05) is 0 Å². The predicted octanol–water partition coefficient (Wildman–Crippen LogP) is 1.72. The molecule has 0 fully saturated rings. The molecule has 0 saturated carbocycles. The van der Waals surface area contributed by atoms with E-state index in [0.717, 1.165) is 24.3 Å². The average Bonchev–Trinajstić information content (AvgIpc) is 2.41. The van der Waals surface area contributed by atoms with Crippen LogP contribution in [-0.4, -0.2) is 37.3 Å². The van der Waals surface area contributed by atoms with Gasteiger partial charge in [0.15, 0.2) is 5.57 Å². The molecule has 138 valence electrons. The lowest BCUT2D eigenvalue weighted by molar-refractivity contribution is -0.187. The number of rotatable bonds is 3. The summed E-state index contributed by atoms with van der Waals surface area (Å²) < 4.78 is 70.8. The first kappa shape index (κ1) is 19.3. The summed E-state index contributed by atoms with van der Waals surface area (Å²) in [4.78, 5) is 11.0. The van der Waals surface area contributed by atoms with E-state index in [9.17, 15) is 26.4 Å². The number of halogens is 3. The van der Waals surface area contributed by atoms with Crippen LogP contribution in [0, 0.1) is 0 Å². The molecule has 0 bridgehead atoms. The highest BCUT2D eigenvalue weighted by Gasteiger charge is 2.50. The monoisotopic (exact) mass is 380 g/mol. The number of hydrogen-bond acceptors (Lipinski definition) is 4. The smallest absolute Gasteiger partial charge is 0.549 e. The predicted molar refractivity (Wildman–Crippen MR) is 83.6 cm³/mol. The zero-order chi connectivity index (χ0) is 19.2. The van der Waals surface area contributed by atoms with E-state index >= 15 is 0 Å². The van der Waals surface area contributed by atoms with Crippen LogP contribution in [0.25, 0.3) is 6.08 Å². The van der Waals surface area contributed by atoms with Gasteiger partial charge in [-0.05, 0) is 45.0 Å². The van der Waals surface area contributed by atoms with Crippen LogP contribution in [0.1, 0.15) is 26.3 Å². The molecule has 0 aliphatic carbocycles. The standard InChI is InChI=1S/C15H16F3NO5S/c1-14(2,3)19-25(22,23)9-4-5-11-8(6-9)7-10(13(20)21)12(24-11)15(16,17)18/h4-7,12,19H,1-3H3,(H,20,21)/p+1. The SMILES string of the molecule is CC(C)(C)NS(=O)(=O)c1ccc2c(c1)C=C(C(=O)[OH2+])C(C(F)(F)F)O2. The normalized spacial score (nSPS) is 18.2. The molecule has 1 unspecified atom stereocenters. The number of alkyl halides is 3. The summed E-state index contributed by atoms with van der Waals surface area (Å²) in [6.45, 7) is 4.91. The zero-order valence-electron chi connectivity index (χ0n) is 13.6. The Morgan fingerprint density at radius 2 is 1.84 bits per heavy atom. The van der Waals surface area contributed by atoms with Gasteiger partial charge in [0, 0.05) is 15.9 Å². The maximum atomic E-state index is 13.0. The maximum absolute atomic E-state index is 13.0. The van der Waals surface area contributed by atoms with Crippen molar-refractivity contribution in [1.82, 2.24) is 4.72 Å². The lowest BCUT2D eigenvalue weighted by Crippen LogP contribution is -2.41. The highest BCUT2D eigenvalue weighted by atomic mass is 32.2. The van der Waals surface area contributed by atoms with Crippen LogP contribution in [0.2, 0.25) is 0 Å². The molecule has 0 aromatic heterocycles. The summed E-state index contributed by atoms with van der Waals surface area (Å²) in [6.07, 6.45) is -6.60. The van der Waals surface area contributed by atoms with Gasteiger partial charge >= 0.3 is 12.1 Å². The minimum atomic E-state index is -4.88. The highest BCUT2D eigenvalue weighted by molar-refractivity contribution is 7.89. The maximum Gasteiger partial charge on any atom is 0.549 e. The van der Waals surface area contributed by atoms with Crippen molar-refractivity contribution in [3.63, 3.8) is 0 Å². The number of nitrogens with one attached hydrogen (secondary N) is 1. The van der Waals surface area contributed by atoms with E-state index < -0.39 is 39.4 Å². The summed E-state index contributed by atoms with van der Waals surface area (Å²) in [5, 5.41) is 7.00. The Morgan fingerprint density at radius 3 is 2.32 bits per heavy atom. The Kier molecular flexibility index (Phi) is 4.64. The second-order valence-electron chi connectivity index (χ2n) is 6.52. The Bertz CT molecular complexity index is 838. The van der Waals surface area contributed by atoms with Crippen molar-refractivity contribution >= 4 is 22.1 Å². The number of sulfonamides is 1. The van der Waals surface area contributed by atoms with E-state index in [1.54, 1.807) is 20.8 Å². The van der Waals surface area contributed by atoms with Crippen LogP contribution in [0.3, 0.4) is 0 Å². The number of hydrogen-bond donors (Lipinski definition) is 1. The van der Waals surface area contributed by atoms with E-state index in [1.165, 1.54) is 0 Å². The molecule has 2 rings (SSSR count). The molecule has 1 aromatic rings. The third-order valence-electron chi connectivity index (χ3n) is 3.13. The molecule has 0 saturated heterocycles. The molecule has 1 aromatic carbocycles. The van der Waals surface area contributed by atoms with Crippen molar-refractivity contribution in [2.45, 2.75) is 43.5 Å². The van der Waals surface area contributed by atoms with Gasteiger partial charge in [0.2, 0.25) is 16.1 Å². The Labute approximate surface area is 142 Å². The number of carbonyl (C=O) groups excluding carboxylic acids is 1. The van der Waals surface area contributed by atoms with E-state index in [2.05, 4.69) is 4.72 Å². The topological polar surface area (TPSA) is 95.4 Å². The van der Waals surface area contributed by atoms with Crippen molar-refractivity contribution in [2.75, 3.05) is 0 Å². The van der Waals surface area contributed by atoms with Gasteiger partial charge in [-0.15, -0.1) is 0 Å². The third kappa shape index (κ3) is 4.31. The molecule has 1 atom stereocenters. The molecule has 1 aliphatic heterocycles. The van der Waals surface area contributed by atoms with E-state index in [1.807, 2.05) is 0 Å². The molecule has 0 radical (unpaired) electrons. The first-order chi connectivity index (χ1) is 11.2. The zero-order valence-corrected chi connectivity index (χ0v) is 14.4. The summed E-state index contributed by atoms with van der Waals surface area (Å²) >= 11 is 0. The van der Waals surface area contributed by atoms with Crippen molar-refractivity contribution in [1.29, 1.82) is 0 Å². The number of benzene rings is 1. The minimum Gasteiger partial charge on any atom is -0.561 e. The van der Waals surface area contributed by atoms with Gasteiger partial charge in [-0.3, -0.25) is 0 Å². The summed E-state index contributed by atoms with van der Waals surface area (Å²) in [6, 6.07) is 3.30. The van der Waals surface area contributed by atoms with Gasteiger partial charge in [0.1, 0.15) is 5.75 Å². The molecule has 10 heteroatoms. The van der Waals surface area contributed by atoms with Crippen molar-refractivity contribution in [3.8, 4) is 5.75 Å². The first-order valence-corrected chi connectivity index (χ1v) is 8.58. The van der Waals surface area contributed by atoms with Crippen molar-refractivity contribution < 1.29 is 36.2 Å². The number of ether oxygens (including phenoxy) is 1. The minimum absolute atomic E-state index is 0.0205. The molecule has 1 heterocycles. The van der Waals surface area contributed by atoms with Crippen LogP contribution >= 0.6 is 0 Å². The lowest BCUT2D eigenvalue weighted by Gasteiger charge is -2.26. The second kappa shape index (κ2) is 6.03. The Morgan fingerprint density at radius 1 is 1.24 bits per heavy atom. The highest BCUT2D eigenvalue weighted by Crippen LogP contribution is 2.38. The molecule has 25 heavy (non-hydrogen) atoms. The van der Waals surface area contributed by atoms with Gasteiger partial charge in [-0.2, -0.15) is 13.2 Å². The second-order valence-corrected chi connectivity index (χ2v) is 8.21. The summed E-state index contributed by atoms with van der Waals surface area (Å²) in [5.41, 5.74) is -1.68. The molecular formula is C15H17F3NO5S+. The number of fused-ring (bicyclic) bond motifs is 1. The molecular weight excluding hydrogens is 363 g/mol. The van der Waals surface area contributed by atoms with Gasteiger partial charge in [0.05, 0.1) is 4.90 Å². The largest absolute Gasteiger partial charge is 0.561 e. The first-order valence-electron chi connectivity index (χ1n) is 7.10. The van der Waals surface area contributed by atoms with Crippen LogP contribution in [0.4, 0.5) is 13.2 Å². The van der Waals surface area contributed by atoms with E-state index in [0.29, 0.717) is 0 Å². The summed E-state index contributed by atoms with van der Waals surface area (Å²) in [7, 11) is -3.92. The quantitative estimate of drug-likeness (QED) is 0.808. The lowest BCUT2D eigenvalue weighted by atomic mass is 10.0. The van der Waals surface area contributed by atoms with Crippen LogP contribution in [0.15, 0.2) is 28.7 Å². The molecule has 0 amide bonds. The van der Waals surface area contributed by atoms with Crippen molar-refractivity contribution in [3.05, 3.63) is 29.3 Å². The molecule has 3 N–H and O–H groups in total. The van der Waals surface area contributed by atoms with Crippen LogP contribution in [0.5, 0.6) is 5.75 Å². The third-order valence-corrected chi connectivity index (χ3v) is 4.89. The molecule has 1 aliphatic rings. The fourth-order valence-corrected chi connectivity index (χ4v) is 3.69. The van der Waals surface area contributed by atoms with Gasteiger partial charge < -0.3 is 9.84 Å². The van der Waals surface area contributed by atoms with Gasteiger partial charge in [0.25, 0.3) is 0 Å². The van der Waals surface area contributed by atoms with Crippen molar-refractivity contribution in [2.24, 2.45) is 0 Å². The Balaban J connectivity index is 2.51. The summed E-state index contributed by atoms with van der Waals surface area (Å²) in [5.74, 6) is -1.77. The van der Waals surface area contributed by atoms with Crippen LogP contribution < -0.4 is 9.46 Å². The average molecular weight is 380 g/mol. The molecule has 6 nitrogen and oxygen atoms in total. The number of carbonyl (C=O) groups is 1. The van der Waals surface area contributed by atoms with Crippen LogP contribution in [-0.2, 0) is 14.8 Å². The Hall–Kier alpha value is -2.07. The fraction of sp³-hybridized carbons (Fsp3) is 0.400. The fourth-order valence-electron chi connectivity index (χ4n) is 2.24. The van der Waals surface area contributed by atoms with E-state index in [4.69, 9.17) is 9.84 Å². The van der Waals surface area contributed by atoms with Gasteiger partial charge in [-0.25, -0.2) is 13.1 Å².